The molecule has 0 saturated carbocycles. The van der Waals surface area contributed by atoms with Crippen molar-refractivity contribution in [2.24, 2.45) is 5.73 Å². The number of Topliss-reactive ketones (excluding diaryl/α,β-unsaturated/α-hetero) is 1. The molecule has 160 valence electrons. The first kappa shape index (κ1) is 21.2. The molecule has 1 heterocycles. The molecule has 1 amide bonds. The van der Waals surface area contributed by atoms with Gasteiger partial charge in [0.25, 0.3) is 5.91 Å². The summed E-state index contributed by atoms with van der Waals surface area (Å²) in [6.45, 7) is 1.45. The number of nitrogens with one attached hydrogen (secondary N) is 1. The van der Waals surface area contributed by atoms with Crippen molar-refractivity contribution < 1.29 is 18.0 Å². The van der Waals surface area contributed by atoms with E-state index in [-0.39, 0.29) is 26.7 Å². The average Bonchev–Trinajstić information content (AvgIpc) is 2.79. The number of nitrogens with two attached hydrogens (primary N) is 1. The van der Waals surface area contributed by atoms with Crippen LogP contribution in [0.25, 0.3) is 10.9 Å². The van der Waals surface area contributed by atoms with E-state index in [9.17, 15) is 18.0 Å². The molecular weight excluding hydrogens is 426 g/mol. The molecule has 0 aliphatic carbocycles. The van der Waals surface area contributed by atoms with Gasteiger partial charge in [0.15, 0.2) is 5.78 Å². The van der Waals surface area contributed by atoms with E-state index < -0.39 is 15.7 Å². The molecule has 0 unspecified atom stereocenters. The number of sulfone groups is 1. The lowest BCUT2D eigenvalue weighted by Crippen LogP contribution is -2.15. The number of benzene rings is 3. The summed E-state index contributed by atoms with van der Waals surface area (Å²) in [6.07, 6.45) is 1.26. The van der Waals surface area contributed by atoms with E-state index in [1.807, 2.05) is 0 Å². The van der Waals surface area contributed by atoms with Gasteiger partial charge < -0.3 is 11.1 Å². The number of carbonyl (C=O) groups is 2. The minimum Gasteiger partial charge on any atom is -0.365 e. The highest BCUT2D eigenvalue weighted by Gasteiger charge is 2.23. The van der Waals surface area contributed by atoms with Crippen LogP contribution in [0.5, 0.6) is 0 Å². The van der Waals surface area contributed by atoms with Gasteiger partial charge in [0, 0.05) is 22.8 Å². The second kappa shape index (κ2) is 8.24. The molecule has 0 aliphatic rings. The first-order valence-electron chi connectivity index (χ1n) is 9.69. The summed E-state index contributed by atoms with van der Waals surface area (Å²) in [5.74, 6) is -0.833. The minimum absolute atomic E-state index is 0.0118. The van der Waals surface area contributed by atoms with Gasteiger partial charge in [0.2, 0.25) is 9.84 Å². The van der Waals surface area contributed by atoms with E-state index >= 15 is 0 Å². The molecule has 1 aromatic heterocycles. The van der Waals surface area contributed by atoms with E-state index in [1.165, 1.54) is 31.3 Å². The molecular formula is C24H19N3O4S. The highest BCUT2D eigenvalue weighted by atomic mass is 32.2. The fraction of sp³-hybridized carbons (Fsp3) is 0.0417. The largest absolute Gasteiger partial charge is 0.365 e. The minimum atomic E-state index is -3.86. The fourth-order valence-corrected chi connectivity index (χ4v) is 4.87. The number of fused-ring (bicyclic) bond motifs is 1. The van der Waals surface area contributed by atoms with Crippen molar-refractivity contribution in [3.63, 3.8) is 0 Å². The monoisotopic (exact) mass is 445 g/mol. The number of hydrogen-bond acceptors (Lipinski definition) is 6. The topological polar surface area (TPSA) is 119 Å². The van der Waals surface area contributed by atoms with Crippen LogP contribution >= 0.6 is 0 Å². The van der Waals surface area contributed by atoms with Gasteiger partial charge in [-0.1, -0.05) is 42.5 Å². The van der Waals surface area contributed by atoms with E-state index in [0.717, 1.165) is 0 Å². The van der Waals surface area contributed by atoms with Crippen molar-refractivity contribution in [2.45, 2.75) is 16.7 Å². The number of carbonyl (C=O) groups excluding carboxylic acids is 2. The summed E-state index contributed by atoms with van der Waals surface area (Å²) in [6, 6.07) is 19.5. The number of ketones is 1. The Morgan fingerprint density at radius 1 is 0.938 bits per heavy atom. The Morgan fingerprint density at radius 2 is 1.66 bits per heavy atom. The van der Waals surface area contributed by atoms with E-state index in [4.69, 9.17) is 5.73 Å². The number of hydrogen-bond donors (Lipinski definition) is 2. The predicted molar refractivity (Wildman–Crippen MR) is 122 cm³/mol. The molecule has 3 aromatic carbocycles. The van der Waals surface area contributed by atoms with Crippen LogP contribution in [0.3, 0.4) is 0 Å². The van der Waals surface area contributed by atoms with Crippen LogP contribution in [0.1, 0.15) is 27.6 Å². The number of pyridine rings is 1. The lowest BCUT2D eigenvalue weighted by molar-refractivity contribution is 0.0996. The fourth-order valence-electron chi connectivity index (χ4n) is 3.42. The van der Waals surface area contributed by atoms with Crippen LogP contribution in [-0.2, 0) is 9.84 Å². The van der Waals surface area contributed by atoms with Crippen LogP contribution in [0.4, 0.5) is 11.4 Å². The Labute approximate surface area is 184 Å². The molecule has 32 heavy (non-hydrogen) atoms. The second-order valence-corrected chi connectivity index (χ2v) is 9.06. The van der Waals surface area contributed by atoms with Crippen molar-refractivity contribution >= 4 is 43.8 Å². The third kappa shape index (κ3) is 3.83. The summed E-state index contributed by atoms with van der Waals surface area (Å²) in [5.41, 5.74) is 7.20. The molecule has 0 bridgehead atoms. The number of para-hydroxylation sites is 1. The molecule has 0 saturated heterocycles. The Kier molecular flexibility index (Phi) is 5.46. The number of nitrogens with zero attached hydrogens (tertiary/aromatic N) is 1. The maximum absolute atomic E-state index is 13.3. The average molecular weight is 446 g/mol. The molecule has 0 atom stereocenters. The third-order valence-electron chi connectivity index (χ3n) is 5.01. The summed E-state index contributed by atoms with van der Waals surface area (Å²) in [7, 11) is -3.86. The Hall–Kier alpha value is -4.04. The van der Waals surface area contributed by atoms with Gasteiger partial charge in [-0.05, 0) is 37.3 Å². The lowest BCUT2D eigenvalue weighted by Gasteiger charge is -2.15. The van der Waals surface area contributed by atoms with E-state index in [1.54, 1.807) is 54.6 Å². The molecule has 0 radical (unpaired) electrons. The Balaban J connectivity index is 1.94. The highest BCUT2D eigenvalue weighted by Crippen LogP contribution is 2.34. The summed E-state index contributed by atoms with van der Waals surface area (Å²) in [4.78, 5) is 28.3. The van der Waals surface area contributed by atoms with Crippen molar-refractivity contribution in [1.29, 1.82) is 0 Å². The number of rotatable bonds is 6. The van der Waals surface area contributed by atoms with Crippen molar-refractivity contribution in [3.05, 3.63) is 90.1 Å². The van der Waals surface area contributed by atoms with Gasteiger partial charge in [-0.25, -0.2) is 8.42 Å². The van der Waals surface area contributed by atoms with Crippen LogP contribution in [0.15, 0.2) is 88.8 Å². The van der Waals surface area contributed by atoms with Crippen LogP contribution in [-0.4, -0.2) is 25.1 Å². The maximum atomic E-state index is 13.3. The molecule has 0 spiro atoms. The Bertz CT molecular complexity index is 1470. The zero-order chi connectivity index (χ0) is 22.9. The Morgan fingerprint density at radius 3 is 2.34 bits per heavy atom. The molecule has 3 N–H and O–H groups in total. The van der Waals surface area contributed by atoms with Gasteiger partial charge >= 0.3 is 0 Å². The first-order valence-corrected chi connectivity index (χ1v) is 11.2. The van der Waals surface area contributed by atoms with Crippen molar-refractivity contribution in [1.82, 2.24) is 4.98 Å². The van der Waals surface area contributed by atoms with Crippen LogP contribution in [0.2, 0.25) is 0 Å². The molecule has 7 nitrogen and oxygen atoms in total. The van der Waals surface area contributed by atoms with Gasteiger partial charge in [0.1, 0.15) is 0 Å². The number of aromatic nitrogens is 1. The molecule has 4 aromatic rings. The van der Waals surface area contributed by atoms with Crippen molar-refractivity contribution in [2.75, 3.05) is 5.32 Å². The van der Waals surface area contributed by atoms with Crippen LogP contribution < -0.4 is 11.1 Å². The SMILES string of the molecule is CC(=O)c1cccc(Nc2c(C(N)=O)cnc3c(S(=O)(=O)c4ccccc4)cccc23)c1. The van der Waals surface area contributed by atoms with Crippen LogP contribution in [0, 0.1) is 0 Å². The lowest BCUT2D eigenvalue weighted by atomic mass is 10.1. The van der Waals surface area contributed by atoms with E-state index in [0.29, 0.717) is 22.3 Å². The van der Waals surface area contributed by atoms with Crippen molar-refractivity contribution in [3.8, 4) is 0 Å². The standard InChI is InChI=1S/C24H19N3O4S/c1-15(28)16-7-5-8-17(13-16)27-22-19-11-6-12-21(23(19)26-14-20(22)24(25)29)32(30,31)18-9-3-2-4-10-18/h2-14H,1H3,(H2,25,29)(H,26,27). The zero-order valence-corrected chi connectivity index (χ0v) is 17.9. The smallest absolute Gasteiger partial charge is 0.252 e. The molecule has 0 aliphatic heterocycles. The van der Waals surface area contributed by atoms with Gasteiger partial charge in [-0.3, -0.25) is 14.6 Å². The third-order valence-corrected chi connectivity index (χ3v) is 6.81. The molecule has 0 fully saturated rings. The maximum Gasteiger partial charge on any atom is 0.252 e. The highest BCUT2D eigenvalue weighted by molar-refractivity contribution is 7.91. The summed E-state index contributed by atoms with van der Waals surface area (Å²) < 4.78 is 26.5. The summed E-state index contributed by atoms with van der Waals surface area (Å²) in [5, 5.41) is 3.53. The molecule has 8 heteroatoms. The number of primary amides is 1. The van der Waals surface area contributed by atoms with E-state index in [2.05, 4.69) is 10.3 Å². The normalized spacial score (nSPS) is 11.3. The number of anilines is 2. The predicted octanol–water partition coefficient (Wildman–Crippen LogP) is 4.11. The first-order chi connectivity index (χ1) is 15.3. The summed E-state index contributed by atoms with van der Waals surface area (Å²) >= 11 is 0. The zero-order valence-electron chi connectivity index (χ0n) is 17.1. The van der Waals surface area contributed by atoms with Gasteiger partial charge in [-0.15, -0.1) is 0 Å². The number of amides is 1. The van der Waals surface area contributed by atoms with Gasteiger partial charge in [0.05, 0.1) is 26.6 Å². The van der Waals surface area contributed by atoms with Gasteiger partial charge in [-0.2, -0.15) is 0 Å². The molecule has 4 rings (SSSR count). The second-order valence-electron chi connectivity index (χ2n) is 7.14. The quantitative estimate of drug-likeness (QED) is 0.431.